The first-order valence-corrected chi connectivity index (χ1v) is 32.7. The number of nitrogens with one attached hydrogen (secondary N) is 1. The van der Waals surface area contributed by atoms with E-state index in [-0.39, 0.29) is 35.7 Å². The molecule has 78 heavy (non-hydrogen) atoms. The van der Waals surface area contributed by atoms with Crippen molar-refractivity contribution in [2.75, 3.05) is 71.3 Å². The Morgan fingerprint density at radius 3 is 2.08 bits per heavy atom. The first kappa shape index (κ1) is 61.8. The monoisotopic (exact) mass is 1090 g/mol. The van der Waals surface area contributed by atoms with Crippen molar-refractivity contribution in [1.82, 2.24) is 5.32 Å². The number of aryl methyl sites for hydroxylation is 1. The fourth-order valence-electron chi connectivity index (χ4n) is 16.9. The van der Waals surface area contributed by atoms with E-state index in [9.17, 15) is 19.5 Å². The number of carbonyl (C=O) groups is 3. The number of rotatable bonds is 28. The van der Waals surface area contributed by atoms with Crippen LogP contribution in [0.2, 0.25) is 0 Å². The molecule has 5 saturated carbocycles. The summed E-state index contributed by atoms with van der Waals surface area (Å²) in [7, 11) is 1.83. The normalized spacial score (nSPS) is 32.1. The minimum atomic E-state index is -0.330. The lowest BCUT2D eigenvalue weighted by Gasteiger charge is -2.50. The molecule has 1 amide bonds. The molecule has 2 N–H and O–H groups in total. The highest BCUT2D eigenvalue weighted by Crippen LogP contribution is 2.52. The summed E-state index contributed by atoms with van der Waals surface area (Å²) >= 11 is 0. The highest BCUT2D eigenvalue weighted by Gasteiger charge is 2.46. The Morgan fingerprint density at radius 1 is 0.769 bits per heavy atom. The number of ketones is 2. The summed E-state index contributed by atoms with van der Waals surface area (Å²) in [6.45, 7) is 17.3. The molecule has 1 aromatic rings. The zero-order valence-corrected chi connectivity index (χ0v) is 50.0. The molecule has 11 atom stereocenters. The third kappa shape index (κ3) is 17.2. The van der Waals surface area contributed by atoms with Gasteiger partial charge in [-0.05, 0) is 225 Å². The van der Waals surface area contributed by atoms with E-state index in [2.05, 4.69) is 51.2 Å². The van der Waals surface area contributed by atoms with E-state index in [0.29, 0.717) is 130 Å². The topological polar surface area (TPSA) is 133 Å². The average Bonchev–Trinajstić information content (AvgIpc) is 3.98. The molecular weight excluding hydrogens is 977 g/mol. The van der Waals surface area contributed by atoms with Crippen LogP contribution in [0.25, 0.3) is 0 Å². The quantitative estimate of drug-likeness (QED) is 0.0782. The Hall–Kier alpha value is -2.25. The fraction of sp³-hybridized carbons (Fsp3) is 0.866. The van der Waals surface area contributed by atoms with Crippen molar-refractivity contribution in [2.45, 2.75) is 226 Å². The summed E-state index contributed by atoms with van der Waals surface area (Å²) in [4.78, 5) is 42.6. The number of anilines is 1. The molecule has 8 rings (SSSR count). The van der Waals surface area contributed by atoms with E-state index in [0.717, 1.165) is 128 Å². The zero-order chi connectivity index (χ0) is 55.0. The summed E-state index contributed by atoms with van der Waals surface area (Å²) in [5, 5.41) is 15.1. The van der Waals surface area contributed by atoms with Gasteiger partial charge in [0.2, 0.25) is 5.91 Å². The van der Waals surface area contributed by atoms with Crippen LogP contribution in [0.1, 0.15) is 200 Å². The lowest BCUT2D eigenvalue weighted by molar-refractivity contribution is -0.130. The molecule has 11 heteroatoms. The summed E-state index contributed by atoms with van der Waals surface area (Å²) in [6.07, 6.45) is 28.0. The predicted molar refractivity (Wildman–Crippen MR) is 312 cm³/mol. The number of hydrogen-bond acceptors (Lipinski definition) is 10. The van der Waals surface area contributed by atoms with E-state index in [1.54, 1.807) is 0 Å². The summed E-state index contributed by atoms with van der Waals surface area (Å²) in [5.41, 5.74) is 3.66. The van der Waals surface area contributed by atoms with Crippen LogP contribution in [0.3, 0.4) is 0 Å². The number of aliphatic hydroxyl groups is 1. The Balaban J connectivity index is 0.677. The minimum absolute atomic E-state index is 0.118. The molecule has 6 fully saturated rings. The van der Waals surface area contributed by atoms with Crippen molar-refractivity contribution in [1.29, 1.82) is 0 Å². The molecule has 1 saturated heterocycles. The smallest absolute Gasteiger partial charge is 0.230 e. The maximum absolute atomic E-state index is 14.3. The van der Waals surface area contributed by atoms with Crippen LogP contribution in [0.15, 0.2) is 18.2 Å². The standard InChI is InChI=1S/C67H110N2O9/c1-7-58(53-28-31-74-32-29-53)60-42-55(43-61(47(60)4)64(70)26-25-59-46(3)39-45(2)40-66(59)72)51-19-23-57(24-20-51)78-38-36-76-34-33-75-35-37-77-56-21-16-49(17-22-56)13-14-50-15-18-54-27-30-69(63(54)41-50)67(73)62(44-65(71)48(5)68-6)52-11-9-8-10-12-52/h15,18,41,45-49,51-53,55-62,64,68,70H,7-14,16-17,19-40,42-44H2,1-6H3. The van der Waals surface area contributed by atoms with Crippen LogP contribution in [0, 0.1) is 76.9 Å². The van der Waals surface area contributed by atoms with Crippen molar-refractivity contribution < 1.29 is 43.2 Å². The Kier molecular flexibility index (Phi) is 24.9. The van der Waals surface area contributed by atoms with E-state index >= 15 is 0 Å². The molecule has 0 radical (unpaired) electrons. The number of nitrogens with zero attached hydrogens (tertiary/aromatic N) is 1. The summed E-state index contributed by atoms with van der Waals surface area (Å²) in [6, 6.07) is 6.58. The number of carbonyl (C=O) groups excluding carboxylic acids is 3. The van der Waals surface area contributed by atoms with Crippen LogP contribution in [-0.2, 0) is 50.9 Å². The van der Waals surface area contributed by atoms with Crippen LogP contribution in [-0.4, -0.2) is 113 Å². The summed E-state index contributed by atoms with van der Waals surface area (Å²) in [5.74, 6) is 6.74. The van der Waals surface area contributed by atoms with Crippen molar-refractivity contribution in [3.8, 4) is 0 Å². The minimum Gasteiger partial charge on any atom is -0.393 e. The molecule has 0 spiro atoms. The van der Waals surface area contributed by atoms with Gasteiger partial charge in [0.1, 0.15) is 11.6 Å². The van der Waals surface area contributed by atoms with Crippen LogP contribution >= 0.6 is 0 Å². The Morgan fingerprint density at radius 2 is 1.42 bits per heavy atom. The molecular formula is C67H110N2O9. The molecule has 442 valence electrons. The second-order valence-electron chi connectivity index (χ2n) is 26.8. The number of Topliss-reactive ketones (excluding diaryl/α,β-unsaturated/α-hetero) is 2. The highest BCUT2D eigenvalue weighted by atomic mass is 16.6. The number of likely N-dealkylation sites (N-methyl/N-ethyl adjacent to an activating group) is 1. The summed E-state index contributed by atoms with van der Waals surface area (Å²) < 4.78 is 30.4. The van der Waals surface area contributed by atoms with Gasteiger partial charge in [-0.25, -0.2) is 0 Å². The maximum Gasteiger partial charge on any atom is 0.230 e. The first-order valence-electron chi connectivity index (χ1n) is 32.7. The molecule has 5 aliphatic carbocycles. The lowest BCUT2D eigenvalue weighted by Crippen LogP contribution is -2.45. The van der Waals surface area contributed by atoms with Gasteiger partial charge >= 0.3 is 0 Å². The predicted octanol–water partition coefficient (Wildman–Crippen LogP) is 12.6. The molecule has 2 heterocycles. The number of aliphatic hydroxyl groups excluding tert-OH is 1. The second kappa shape index (κ2) is 31.4. The van der Waals surface area contributed by atoms with Crippen molar-refractivity contribution in [2.24, 2.45) is 76.9 Å². The van der Waals surface area contributed by atoms with Gasteiger partial charge in [-0.3, -0.25) is 14.4 Å². The van der Waals surface area contributed by atoms with Gasteiger partial charge in [-0.2, -0.15) is 0 Å². The first-order chi connectivity index (χ1) is 37.9. The molecule has 7 aliphatic rings. The number of hydrogen-bond donors (Lipinski definition) is 2. The third-order valence-corrected chi connectivity index (χ3v) is 21.8. The number of benzene rings is 1. The van der Waals surface area contributed by atoms with Crippen molar-refractivity contribution >= 4 is 23.2 Å². The van der Waals surface area contributed by atoms with Crippen molar-refractivity contribution in [3.63, 3.8) is 0 Å². The number of amides is 1. The Bertz CT molecular complexity index is 1950. The van der Waals surface area contributed by atoms with Crippen LogP contribution in [0.4, 0.5) is 5.69 Å². The van der Waals surface area contributed by atoms with Gasteiger partial charge in [0, 0.05) is 50.1 Å². The van der Waals surface area contributed by atoms with Gasteiger partial charge in [-0.15, -0.1) is 0 Å². The lowest BCUT2D eigenvalue weighted by atomic mass is 9.56. The van der Waals surface area contributed by atoms with E-state index in [1.807, 2.05) is 18.9 Å². The maximum atomic E-state index is 14.3. The van der Waals surface area contributed by atoms with E-state index in [1.165, 1.54) is 68.9 Å². The Labute approximate surface area is 473 Å². The zero-order valence-electron chi connectivity index (χ0n) is 50.0. The fourth-order valence-corrected chi connectivity index (χ4v) is 16.9. The molecule has 1 aromatic carbocycles. The van der Waals surface area contributed by atoms with Crippen LogP contribution < -0.4 is 10.2 Å². The average molecular weight is 1090 g/mol. The van der Waals surface area contributed by atoms with Gasteiger partial charge in [0.25, 0.3) is 0 Å². The van der Waals surface area contributed by atoms with E-state index in [4.69, 9.17) is 23.7 Å². The van der Waals surface area contributed by atoms with E-state index < -0.39 is 0 Å². The molecule has 0 bridgehead atoms. The molecule has 11 unspecified atom stereocenters. The number of fused-ring (bicyclic) bond motifs is 1. The van der Waals surface area contributed by atoms with Gasteiger partial charge in [-0.1, -0.05) is 65.5 Å². The number of ether oxygens (including phenoxy) is 5. The molecule has 2 aliphatic heterocycles. The largest absolute Gasteiger partial charge is 0.393 e. The van der Waals surface area contributed by atoms with Gasteiger partial charge in [0.15, 0.2) is 0 Å². The van der Waals surface area contributed by atoms with Crippen LogP contribution in [0.5, 0.6) is 0 Å². The van der Waals surface area contributed by atoms with Crippen molar-refractivity contribution in [3.05, 3.63) is 29.3 Å². The van der Waals surface area contributed by atoms with Gasteiger partial charge in [0.05, 0.1) is 64.0 Å². The second-order valence-corrected chi connectivity index (χ2v) is 26.8. The SMILES string of the molecule is CCC(C1CCOCC1)C1CC(C2CCC(OCCOCCOCCOC3CCC(CCc4ccc5c(c4)N(C(=O)C(CC(=O)C(C)NC)C4CCCCC4)CC5)CC3)CC2)CC(C(O)CCC2C(=O)CC(C)CC2C)C1C. The highest BCUT2D eigenvalue weighted by molar-refractivity contribution is 6.00. The molecule has 0 aromatic heterocycles. The third-order valence-electron chi connectivity index (χ3n) is 21.8. The van der Waals surface area contributed by atoms with Gasteiger partial charge < -0.3 is 39.0 Å². The molecule has 11 nitrogen and oxygen atoms in total.